The zero-order chi connectivity index (χ0) is 20.4. The van der Waals surface area contributed by atoms with Gasteiger partial charge in [-0.25, -0.2) is 0 Å². The first-order valence-corrected chi connectivity index (χ1v) is 9.93. The fraction of sp³-hybridized carbons (Fsp3) is 0.348. The number of carbonyl (C=O) groups excluding carboxylic acids is 1. The highest BCUT2D eigenvalue weighted by atomic mass is 16.5. The normalized spacial score (nSPS) is 16.2. The Morgan fingerprint density at radius 1 is 1.10 bits per heavy atom. The Morgan fingerprint density at radius 3 is 2.69 bits per heavy atom. The monoisotopic (exact) mass is 394 g/mol. The van der Waals surface area contributed by atoms with Gasteiger partial charge in [-0.2, -0.15) is 0 Å². The number of H-pyrrole nitrogens is 1. The van der Waals surface area contributed by atoms with Crippen molar-refractivity contribution >= 4 is 16.8 Å². The molecule has 1 aromatic heterocycles. The third kappa shape index (κ3) is 3.62. The minimum atomic E-state index is -0.0197. The van der Waals surface area contributed by atoms with Gasteiger partial charge in [-0.3, -0.25) is 4.79 Å². The molecule has 6 heteroatoms. The van der Waals surface area contributed by atoms with E-state index in [-0.39, 0.29) is 11.9 Å². The number of nitrogens with one attached hydrogen (secondary N) is 1. The molecule has 6 nitrogen and oxygen atoms in total. The van der Waals surface area contributed by atoms with Crippen molar-refractivity contribution in [1.82, 2.24) is 9.88 Å². The summed E-state index contributed by atoms with van der Waals surface area (Å²) in [6, 6.07) is 13.5. The van der Waals surface area contributed by atoms with Crippen LogP contribution in [0.25, 0.3) is 10.9 Å². The van der Waals surface area contributed by atoms with Gasteiger partial charge >= 0.3 is 0 Å². The molecule has 1 amide bonds. The van der Waals surface area contributed by atoms with Crippen LogP contribution < -0.4 is 14.2 Å². The average molecular weight is 394 g/mol. The molecule has 1 atom stereocenters. The van der Waals surface area contributed by atoms with Crippen LogP contribution in [0, 0.1) is 0 Å². The van der Waals surface area contributed by atoms with Gasteiger partial charge < -0.3 is 24.1 Å². The van der Waals surface area contributed by atoms with E-state index in [0.717, 1.165) is 53.1 Å². The van der Waals surface area contributed by atoms with Crippen LogP contribution >= 0.6 is 0 Å². The van der Waals surface area contributed by atoms with Crippen molar-refractivity contribution in [2.24, 2.45) is 0 Å². The standard InChI is InChI=1S/C23H26N2O4/c1-4-29-17-8-7-15-12-20(24-19(15)13-17)23(26)25-11-5-6-21(25)18-10-9-16(27-2)14-22(18)28-3/h7-10,12-14,21,24H,4-6,11H2,1-3H3. The molecule has 1 aliphatic heterocycles. The van der Waals surface area contributed by atoms with Gasteiger partial charge in [-0.15, -0.1) is 0 Å². The van der Waals surface area contributed by atoms with Crippen LogP contribution in [0.4, 0.5) is 0 Å². The number of aromatic amines is 1. The summed E-state index contributed by atoms with van der Waals surface area (Å²) in [7, 11) is 3.28. The molecule has 2 heterocycles. The van der Waals surface area contributed by atoms with Crippen LogP contribution in [-0.4, -0.2) is 43.2 Å². The first-order valence-electron chi connectivity index (χ1n) is 9.93. The molecule has 1 saturated heterocycles. The number of ether oxygens (including phenoxy) is 3. The highest BCUT2D eigenvalue weighted by molar-refractivity contribution is 5.98. The van der Waals surface area contributed by atoms with Gasteiger partial charge in [-0.05, 0) is 50.1 Å². The minimum absolute atomic E-state index is 0.000434. The molecule has 0 bridgehead atoms. The number of benzene rings is 2. The molecule has 29 heavy (non-hydrogen) atoms. The van der Waals surface area contributed by atoms with E-state index >= 15 is 0 Å². The quantitative estimate of drug-likeness (QED) is 0.666. The van der Waals surface area contributed by atoms with Crippen LogP contribution in [-0.2, 0) is 0 Å². The van der Waals surface area contributed by atoms with E-state index < -0.39 is 0 Å². The SMILES string of the molecule is CCOc1ccc2cc(C(=O)N3CCCC3c3ccc(OC)cc3OC)[nH]c2c1. The van der Waals surface area contributed by atoms with Gasteiger partial charge in [0.05, 0.1) is 26.9 Å². The summed E-state index contributed by atoms with van der Waals surface area (Å²) in [5.41, 5.74) is 2.50. The van der Waals surface area contributed by atoms with Crippen LogP contribution in [0.2, 0.25) is 0 Å². The lowest BCUT2D eigenvalue weighted by Gasteiger charge is -2.26. The van der Waals surface area contributed by atoms with Gasteiger partial charge in [0.1, 0.15) is 22.9 Å². The van der Waals surface area contributed by atoms with Gasteiger partial charge in [0.2, 0.25) is 0 Å². The first-order chi connectivity index (χ1) is 14.1. The van der Waals surface area contributed by atoms with E-state index in [2.05, 4.69) is 4.98 Å². The highest BCUT2D eigenvalue weighted by Gasteiger charge is 2.33. The molecule has 2 aromatic carbocycles. The predicted octanol–water partition coefficient (Wildman–Crippen LogP) is 4.56. The lowest BCUT2D eigenvalue weighted by Crippen LogP contribution is -2.31. The van der Waals surface area contributed by atoms with E-state index in [1.54, 1.807) is 14.2 Å². The van der Waals surface area contributed by atoms with Crippen molar-refractivity contribution in [1.29, 1.82) is 0 Å². The van der Waals surface area contributed by atoms with Crippen LogP contribution in [0.5, 0.6) is 17.2 Å². The maximum Gasteiger partial charge on any atom is 0.270 e. The number of hydrogen-bond donors (Lipinski definition) is 1. The first kappa shape index (κ1) is 19.2. The van der Waals surface area contributed by atoms with Crippen molar-refractivity contribution in [2.45, 2.75) is 25.8 Å². The third-order valence-electron chi connectivity index (χ3n) is 5.45. The van der Waals surface area contributed by atoms with Gasteiger partial charge in [0.25, 0.3) is 5.91 Å². The van der Waals surface area contributed by atoms with E-state index in [1.165, 1.54) is 0 Å². The number of rotatable bonds is 6. The number of methoxy groups -OCH3 is 2. The van der Waals surface area contributed by atoms with Crippen LogP contribution in [0.3, 0.4) is 0 Å². The van der Waals surface area contributed by atoms with E-state index in [0.29, 0.717) is 12.3 Å². The number of amides is 1. The molecule has 0 radical (unpaired) electrons. The van der Waals surface area contributed by atoms with E-state index in [4.69, 9.17) is 14.2 Å². The Balaban J connectivity index is 1.63. The Labute approximate surface area is 170 Å². The molecule has 1 N–H and O–H groups in total. The van der Waals surface area contributed by atoms with Crippen LogP contribution in [0.1, 0.15) is 41.9 Å². The summed E-state index contributed by atoms with van der Waals surface area (Å²) < 4.78 is 16.4. The number of nitrogens with zero attached hydrogens (tertiary/aromatic N) is 1. The molecular formula is C23H26N2O4. The second kappa shape index (κ2) is 8.07. The molecule has 4 rings (SSSR count). The molecule has 1 unspecified atom stereocenters. The Morgan fingerprint density at radius 2 is 1.93 bits per heavy atom. The molecule has 1 aliphatic rings. The van der Waals surface area contributed by atoms with Crippen molar-refractivity contribution < 1.29 is 19.0 Å². The number of carbonyl (C=O) groups is 1. The summed E-state index contributed by atoms with van der Waals surface area (Å²) in [6.45, 7) is 3.28. The summed E-state index contributed by atoms with van der Waals surface area (Å²) in [5, 5.41) is 0.995. The lowest BCUT2D eigenvalue weighted by molar-refractivity contribution is 0.0729. The van der Waals surface area contributed by atoms with Gasteiger partial charge in [0, 0.05) is 35.1 Å². The van der Waals surface area contributed by atoms with Crippen molar-refractivity contribution in [3.05, 3.63) is 53.7 Å². The molecule has 152 valence electrons. The summed E-state index contributed by atoms with van der Waals surface area (Å²) in [4.78, 5) is 18.5. The van der Waals surface area contributed by atoms with Gasteiger partial charge in [-0.1, -0.05) is 0 Å². The molecule has 0 spiro atoms. The second-order valence-corrected chi connectivity index (χ2v) is 7.13. The summed E-state index contributed by atoms with van der Waals surface area (Å²) in [6.07, 6.45) is 1.86. The maximum atomic E-state index is 13.3. The number of aromatic nitrogens is 1. The lowest BCUT2D eigenvalue weighted by atomic mass is 10.0. The molecule has 1 fully saturated rings. The fourth-order valence-corrected chi connectivity index (χ4v) is 4.06. The number of likely N-dealkylation sites (tertiary alicyclic amines) is 1. The molecule has 0 saturated carbocycles. The third-order valence-corrected chi connectivity index (χ3v) is 5.45. The largest absolute Gasteiger partial charge is 0.497 e. The minimum Gasteiger partial charge on any atom is -0.497 e. The van der Waals surface area contributed by atoms with Gasteiger partial charge in [0.15, 0.2) is 0 Å². The summed E-state index contributed by atoms with van der Waals surface area (Å²) >= 11 is 0. The zero-order valence-electron chi connectivity index (χ0n) is 17.0. The second-order valence-electron chi connectivity index (χ2n) is 7.13. The molecule has 3 aromatic rings. The van der Waals surface area contributed by atoms with E-state index in [1.807, 2.05) is 54.3 Å². The number of fused-ring (bicyclic) bond motifs is 1. The molecular weight excluding hydrogens is 368 g/mol. The summed E-state index contributed by atoms with van der Waals surface area (Å²) in [5.74, 6) is 2.27. The maximum absolute atomic E-state index is 13.3. The highest BCUT2D eigenvalue weighted by Crippen LogP contribution is 2.39. The Hall–Kier alpha value is -3.15. The molecule has 0 aliphatic carbocycles. The Bertz CT molecular complexity index is 1030. The smallest absolute Gasteiger partial charge is 0.270 e. The topological polar surface area (TPSA) is 63.8 Å². The van der Waals surface area contributed by atoms with E-state index in [9.17, 15) is 4.79 Å². The van der Waals surface area contributed by atoms with Crippen molar-refractivity contribution in [2.75, 3.05) is 27.4 Å². The van der Waals surface area contributed by atoms with Crippen molar-refractivity contribution in [3.63, 3.8) is 0 Å². The van der Waals surface area contributed by atoms with Crippen LogP contribution in [0.15, 0.2) is 42.5 Å². The van der Waals surface area contributed by atoms with Crippen molar-refractivity contribution in [3.8, 4) is 17.2 Å². The fourth-order valence-electron chi connectivity index (χ4n) is 4.06. The average Bonchev–Trinajstić information content (AvgIpc) is 3.39. The number of hydrogen-bond acceptors (Lipinski definition) is 4. The predicted molar refractivity (Wildman–Crippen MR) is 112 cm³/mol. The Kier molecular flexibility index (Phi) is 5.34. The zero-order valence-corrected chi connectivity index (χ0v) is 17.0.